The minimum atomic E-state index is -1.01. The zero-order valence-electron chi connectivity index (χ0n) is 17.7. The monoisotopic (exact) mass is 447 g/mol. The molecule has 31 heavy (non-hydrogen) atoms. The normalized spacial score (nSPS) is 21.3. The third kappa shape index (κ3) is 5.78. The Hall–Kier alpha value is -2.56. The first-order valence-corrected chi connectivity index (χ1v) is 11.1. The molecule has 1 aliphatic rings. The van der Waals surface area contributed by atoms with E-state index in [2.05, 4.69) is 15.3 Å². The minimum Gasteiger partial charge on any atom is -0.391 e. The van der Waals surface area contributed by atoms with E-state index >= 15 is 0 Å². The predicted octanol–water partition coefficient (Wildman–Crippen LogP) is 0.954. The highest BCUT2D eigenvalue weighted by Crippen LogP contribution is 2.29. The second kappa shape index (κ2) is 10.2. The maximum atomic E-state index is 13.0. The summed E-state index contributed by atoms with van der Waals surface area (Å²) < 4.78 is 0.951. The molecule has 2 amide bonds. The maximum Gasteiger partial charge on any atom is 0.243 e. The number of aliphatic hydroxyl groups excluding tert-OH is 2. The van der Waals surface area contributed by atoms with Crippen molar-refractivity contribution in [1.82, 2.24) is 15.2 Å². The van der Waals surface area contributed by atoms with Crippen LogP contribution in [0.25, 0.3) is 10.2 Å². The molecular formula is C21H29N5O4S. The summed E-state index contributed by atoms with van der Waals surface area (Å²) in [5.74, 6) is -0.188. The van der Waals surface area contributed by atoms with Gasteiger partial charge in [0, 0.05) is 26.4 Å². The minimum absolute atomic E-state index is 0.128. The molecular weight excluding hydrogens is 418 g/mol. The van der Waals surface area contributed by atoms with Crippen LogP contribution in [0.3, 0.4) is 0 Å². The molecule has 0 saturated carbocycles. The van der Waals surface area contributed by atoms with Crippen LogP contribution in [0.5, 0.6) is 0 Å². The van der Waals surface area contributed by atoms with E-state index in [-0.39, 0.29) is 18.9 Å². The summed E-state index contributed by atoms with van der Waals surface area (Å²) in [6.45, 7) is 3.68. The number of fused-ring (bicyclic) bond motifs is 1. The van der Waals surface area contributed by atoms with Gasteiger partial charge >= 0.3 is 0 Å². The Morgan fingerprint density at radius 1 is 1.39 bits per heavy atom. The van der Waals surface area contributed by atoms with E-state index in [0.717, 1.165) is 10.2 Å². The zero-order valence-corrected chi connectivity index (χ0v) is 18.5. The molecule has 1 aromatic carbocycles. The van der Waals surface area contributed by atoms with Crippen LogP contribution in [0, 0.1) is 0 Å². The van der Waals surface area contributed by atoms with Crippen LogP contribution in [0.15, 0.2) is 29.3 Å². The van der Waals surface area contributed by atoms with Gasteiger partial charge in [-0.05, 0) is 31.9 Å². The van der Waals surface area contributed by atoms with Crippen molar-refractivity contribution in [2.75, 3.05) is 13.1 Å². The van der Waals surface area contributed by atoms with Crippen LogP contribution < -0.4 is 11.1 Å². The molecule has 2 aromatic rings. The van der Waals surface area contributed by atoms with E-state index in [1.165, 1.54) is 23.2 Å². The zero-order chi connectivity index (χ0) is 22.5. The number of thiazole rings is 1. The summed E-state index contributed by atoms with van der Waals surface area (Å²) in [5, 5.41) is 24.4. The molecule has 0 spiro atoms. The molecule has 1 unspecified atom stereocenters. The number of carbonyl (C=O) groups excluding carboxylic acids is 2. The lowest BCUT2D eigenvalue weighted by atomic mass is 10.0. The number of aromatic nitrogens is 1. The summed E-state index contributed by atoms with van der Waals surface area (Å²) in [5.41, 5.74) is 6.37. The Morgan fingerprint density at radius 2 is 2.13 bits per heavy atom. The van der Waals surface area contributed by atoms with Crippen molar-refractivity contribution in [3.8, 4) is 0 Å². The Kier molecular flexibility index (Phi) is 7.58. The number of aliphatic imine (C=N–C) groups is 1. The van der Waals surface area contributed by atoms with Gasteiger partial charge in [0.05, 0.1) is 28.2 Å². The van der Waals surface area contributed by atoms with Crippen molar-refractivity contribution in [2.24, 2.45) is 10.7 Å². The fourth-order valence-electron chi connectivity index (χ4n) is 3.75. The molecule has 10 heteroatoms. The van der Waals surface area contributed by atoms with Crippen LogP contribution in [0.2, 0.25) is 0 Å². The average molecular weight is 448 g/mol. The number of likely N-dealkylation sites (tertiary alicyclic amines) is 1. The molecule has 0 aliphatic carbocycles. The smallest absolute Gasteiger partial charge is 0.243 e. The van der Waals surface area contributed by atoms with Crippen molar-refractivity contribution in [1.29, 1.82) is 0 Å². The number of hydrogen-bond donors (Lipinski definition) is 4. The molecule has 0 bridgehead atoms. The fraction of sp³-hybridized carbons (Fsp3) is 0.524. The first-order chi connectivity index (χ1) is 14.8. The van der Waals surface area contributed by atoms with Gasteiger partial charge in [0.2, 0.25) is 11.8 Å². The Morgan fingerprint density at radius 3 is 2.81 bits per heavy atom. The largest absolute Gasteiger partial charge is 0.391 e. The number of nitrogens with zero attached hydrogens (tertiary/aromatic N) is 3. The number of para-hydroxylation sites is 1. The number of benzene rings is 1. The molecule has 1 aliphatic heterocycles. The highest BCUT2D eigenvalue weighted by Gasteiger charge is 2.39. The van der Waals surface area contributed by atoms with E-state index in [9.17, 15) is 19.8 Å². The quantitative estimate of drug-likeness (QED) is 0.270. The number of nitrogens with one attached hydrogen (secondary N) is 1. The summed E-state index contributed by atoms with van der Waals surface area (Å²) in [7, 11) is 0. The number of hydrogen-bond acceptors (Lipinski definition) is 7. The Balaban J connectivity index is 1.77. The SMILES string of the molecule is CC(=O)N1C[C@H](O)C[C@H]1C(=O)N[C@@H](CCCN=C(C)N)C(O)c1nc2ccccc2s1. The number of nitrogens with two attached hydrogens (primary N) is 1. The lowest BCUT2D eigenvalue weighted by molar-refractivity contribution is -0.137. The van der Waals surface area contributed by atoms with E-state index in [4.69, 9.17) is 5.73 Å². The number of β-amino-alcohol motifs (C(OH)–C–C–N with tert-alkyl or cyclic N) is 1. The number of amidine groups is 1. The maximum absolute atomic E-state index is 13.0. The van der Waals surface area contributed by atoms with Crippen LogP contribution >= 0.6 is 11.3 Å². The summed E-state index contributed by atoms with van der Waals surface area (Å²) >= 11 is 1.38. The molecule has 4 atom stereocenters. The lowest BCUT2D eigenvalue weighted by Gasteiger charge is -2.27. The second-order valence-corrected chi connectivity index (χ2v) is 8.88. The van der Waals surface area contributed by atoms with Gasteiger partial charge < -0.3 is 26.2 Å². The van der Waals surface area contributed by atoms with Gasteiger partial charge in [0.1, 0.15) is 17.2 Å². The fourth-order valence-corrected chi connectivity index (χ4v) is 4.77. The molecule has 9 nitrogen and oxygen atoms in total. The van der Waals surface area contributed by atoms with Crippen molar-refractivity contribution >= 4 is 39.2 Å². The molecule has 1 fully saturated rings. The van der Waals surface area contributed by atoms with Crippen LogP contribution in [-0.4, -0.2) is 69.0 Å². The Bertz CT molecular complexity index is 925. The standard InChI is InChI=1S/C21H29N5O4S/c1-12(22)23-9-5-7-16(19(29)21-25-15-6-3-4-8-18(15)31-21)24-20(30)17-10-14(28)11-26(17)13(2)27/h3-4,6,8,14,16-17,19,28-29H,5,7,9-11H2,1-2H3,(H2,22,23)(H,24,30)/t14-,16+,17+,19?/m1/s1. The van der Waals surface area contributed by atoms with Crippen LogP contribution in [-0.2, 0) is 9.59 Å². The molecule has 1 saturated heterocycles. The molecule has 168 valence electrons. The van der Waals surface area contributed by atoms with Crippen molar-refractivity contribution < 1.29 is 19.8 Å². The van der Waals surface area contributed by atoms with Gasteiger partial charge in [-0.1, -0.05) is 12.1 Å². The van der Waals surface area contributed by atoms with Crippen molar-refractivity contribution in [3.63, 3.8) is 0 Å². The highest BCUT2D eigenvalue weighted by atomic mass is 32.1. The summed E-state index contributed by atoms with van der Waals surface area (Å²) in [6, 6.07) is 6.21. The van der Waals surface area contributed by atoms with E-state index in [1.807, 2.05) is 24.3 Å². The van der Waals surface area contributed by atoms with Gasteiger partial charge in [-0.15, -0.1) is 11.3 Å². The second-order valence-electron chi connectivity index (χ2n) is 7.82. The molecule has 5 N–H and O–H groups in total. The number of carbonyl (C=O) groups is 2. The van der Waals surface area contributed by atoms with E-state index in [1.54, 1.807) is 6.92 Å². The molecule has 3 rings (SSSR count). The van der Waals surface area contributed by atoms with Crippen LogP contribution in [0.4, 0.5) is 0 Å². The number of amides is 2. The third-order valence-electron chi connectivity index (χ3n) is 5.29. The Labute approximate surface area is 185 Å². The van der Waals surface area contributed by atoms with Gasteiger partial charge in [0.25, 0.3) is 0 Å². The van der Waals surface area contributed by atoms with Gasteiger partial charge in [-0.3, -0.25) is 14.6 Å². The van der Waals surface area contributed by atoms with E-state index < -0.39 is 30.2 Å². The molecule has 0 radical (unpaired) electrons. The molecule has 2 heterocycles. The first kappa shape index (κ1) is 23.1. The summed E-state index contributed by atoms with van der Waals surface area (Å²) in [6.07, 6.45) is -0.526. The average Bonchev–Trinajstić information content (AvgIpc) is 3.33. The van der Waals surface area contributed by atoms with Crippen molar-refractivity contribution in [2.45, 2.75) is 57.4 Å². The first-order valence-electron chi connectivity index (χ1n) is 10.3. The highest BCUT2D eigenvalue weighted by molar-refractivity contribution is 7.18. The van der Waals surface area contributed by atoms with Gasteiger partial charge in [-0.25, -0.2) is 4.98 Å². The van der Waals surface area contributed by atoms with Crippen LogP contribution in [0.1, 0.15) is 44.2 Å². The predicted molar refractivity (Wildman–Crippen MR) is 120 cm³/mol. The summed E-state index contributed by atoms with van der Waals surface area (Å²) in [4.78, 5) is 34.9. The third-order valence-corrected chi connectivity index (χ3v) is 6.40. The number of aliphatic hydroxyl groups is 2. The lowest BCUT2D eigenvalue weighted by Crippen LogP contribution is -2.49. The van der Waals surface area contributed by atoms with Gasteiger partial charge in [-0.2, -0.15) is 0 Å². The van der Waals surface area contributed by atoms with Crippen molar-refractivity contribution in [3.05, 3.63) is 29.3 Å². The van der Waals surface area contributed by atoms with Gasteiger partial charge in [0.15, 0.2) is 0 Å². The number of rotatable bonds is 8. The topological polar surface area (TPSA) is 141 Å². The van der Waals surface area contributed by atoms with E-state index in [0.29, 0.717) is 30.2 Å². The molecule has 1 aromatic heterocycles.